The Bertz CT molecular complexity index is 334. The Kier molecular flexibility index (Phi) is 3.03. The molecule has 0 saturated carbocycles. The third-order valence-electron chi connectivity index (χ3n) is 2.96. The Balaban J connectivity index is 2.42. The molecular weight excluding hydrogens is 168 g/mol. The summed E-state index contributed by atoms with van der Waals surface area (Å²) in [5.41, 5.74) is 4.62. The van der Waals surface area contributed by atoms with Crippen molar-refractivity contribution >= 4 is 5.57 Å². The molecule has 0 aromatic heterocycles. The molecule has 0 N–H and O–H groups in total. The fraction of sp³-hybridized carbons (Fsp3) is 0.429. The zero-order valence-electron chi connectivity index (χ0n) is 8.92. The number of benzene rings is 1. The third kappa shape index (κ3) is 1.89. The van der Waals surface area contributed by atoms with Gasteiger partial charge in [0.25, 0.3) is 0 Å². The Hall–Kier alpha value is -1.04. The van der Waals surface area contributed by atoms with Crippen LogP contribution in [0.5, 0.6) is 0 Å². The van der Waals surface area contributed by atoms with Gasteiger partial charge in [-0.3, -0.25) is 0 Å². The second kappa shape index (κ2) is 4.45. The zero-order chi connectivity index (χ0) is 9.80. The number of rotatable bonds is 1. The molecule has 0 heteroatoms. The predicted octanol–water partition coefficient (Wildman–Crippen LogP) is 4.21. The van der Waals surface area contributed by atoms with E-state index >= 15 is 0 Å². The summed E-state index contributed by atoms with van der Waals surface area (Å²) in [4.78, 5) is 0. The van der Waals surface area contributed by atoms with E-state index in [1.807, 2.05) is 0 Å². The fourth-order valence-corrected chi connectivity index (χ4v) is 2.28. The van der Waals surface area contributed by atoms with Gasteiger partial charge in [0.15, 0.2) is 0 Å². The largest absolute Gasteiger partial charge is 0.0810 e. The van der Waals surface area contributed by atoms with Gasteiger partial charge in [-0.05, 0) is 48.8 Å². The highest BCUT2D eigenvalue weighted by molar-refractivity contribution is 5.68. The number of hydrogen-bond donors (Lipinski definition) is 0. The summed E-state index contributed by atoms with van der Waals surface area (Å²) in [6.45, 7) is 2.22. The number of hydrogen-bond acceptors (Lipinski definition) is 0. The van der Waals surface area contributed by atoms with Crippen molar-refractivity contribution in [1.82, 2.24) is 0 Å². The van der Waals surface area contributed by atoms with Crippen LogP contribution in [0.15, 0.2) is 30.3 Å². The molecule has 74 valence electrons. The molecule has 0 saturated heterocycles. The normalized spacial score (nSPS) is 19.1. The van der Waals surface area contributed by atoms with Crippen molar-refractivity contribution in [2.24, 2.45) is 0 Å². The van der Waals surface area contributed by atoms with Crippen LogP contribution in [0.2, 0.25) is 0 Å². The summed E-state index contributed by atoms with van der Waals surface area (Å²) in [6.07, 6.45) is 8.77. The van der Waals surface area contributed by atoms with Gasteiger partial charge in [-0.2, -0.15) is 0 Å². The Morgan fingerprint density at radius 2 is 1.93 bits per heavy atom. The highest BCUT2D eigenvalue weighted by Gasteiger charge is 2.10. The van der Waals surface area contributed by atoms with E-state index in [1.54, 1.807) is 11.1 Å². The third-order valence-corrected chi connectivity index (χ3v) is 2.96. The van der Waals surface area contributed by atoms with Gasteiger partial charge < -0.3 is 0 Å². The molecule has 0 fully saturated rings. The number of fused-ring (bicyclic) bond motifs is 1. The molecule has 0 nitrogen and oxygen atoms in total. The first-order valence-electron chi connectivity index (χ1n) is 5.69. The molecule has 0 heterocycles. The molecule has 0 radical (unpaired) electrons. The second-order valence-corrected chi connectivity index (χ2v) is 4.00. The molecule has 1 aliphatic carbocycles. The summed E-state index contributed by atoms with van der Waals surface area (Å²) in [5.74, 6) is 0. The van der Waals surface area contributed by atoms with Gasteiger partial charge >= 0.3 is 0 Å². The summed E-state index contributed by atoms with van der Waals surface area (Å²) in [7, 11) is 0. The van der Waals surface area contributed by atoms with E-state index in [2.05, 4.69) is 37.3 Å². The smallest absolute Gasteiger partial charge is 0.0196 e. The van der Waals surface area contributed by atoms with E-state index in [0.29, 0.717) is 0 Å². The number of allylic oxidation sites excluding steroid dienone is 2. The average Bonchev–Trinajstić information content (AvgIpc) is 2.42. The van der Waals surface area contributed by atoms with Gasteiger partial charge in [0.2, 0.25) is 0 Å². The molecule has 14 heavy (non-hydrogen) atoms. The van der Waals surface area contributed by atoms with Gasteiger partial charge in [0.1, 0.15) is 0 Å². The molecule has 0 spiro atoms. The van der Waals surface area contributed by atoms with E-state index in [0.717, 1.165) is 6.42 Å². The molecule has 1 aromatic rings. The van der Waals surface area contributed by atoms with Crippen molar-refractivity contribution in [3.8, 4) is 0 Å². The molecule has 1 aliphatic rings. The minimum absolute atomic E-state index is 1.16. The fourth-order valence-electron chi connectivity index (χ4n) is 2.28. The summed E-state index contributed by atoms with van der Waals surface area (Å²) in [5, 5.41) is 0. The first-order valence-corrected chi connectivity index (χ1v) is 5.69. The molecule has 0 bridgehead atoms. The van der Waals surface area contributed by atoms with Gasteiger partial charge in [-0.15, -0.1) is 0 Å². The van der Waals surface area contributed by atoms with Crippen LogP contribution in [0.1, 0.15) is 43.7 Å². The summed E-state index contributed by atoms with van der Waals surface area (Å²) in [6, 6.07) is 8.88. The lowest BCUT2D eigenvalue weighted by atomic mass is 9.98. The molecular formula is C14H18. The van der Waals surface area contributed by atoms with Gasteiger partial charge in [0.05, 0.1) is 0 Å². The standard InChI is InChI=1S/C14H18/c1-2-7-12-8-3-4-9-13-10-5-6-11-14(12)13/h5-7,10-11H,2-4,8-9H2,1H3/b12-7-. The Morgan fingerprint density at radius 3 is 2.79 bits per heavy atom. The molecule has 1 aromatic carbocycles. The van der Waals surface area contributed by atoms with Crippen molar-refractivity contribution in [3.05, 3.63) is 41.5 Å². The van der Waals surface area contributed by atoms with Crippen molar-refractivity contribution < 1.29 is 0 Å². The van der Waals surface area contributed by atoms with E-state index in [4.69, 9.17) is 0 Å². The zero-order valence-corrected chi connectivity index (χ0v) is 8.92. The highest BCUT2D eigenvalue weighted by atomic mass is 14.2. The molecule has 2 rings (SSSR count). The molecule has 0 atom stereocenters. The van der Waals surface area contributed by atoms with Crippen LogP contribution in [-0.2, 0) is 6.42 Å². The van der Waals surface area contributed by atoms with Crippen molar-refractivity contribution in [1.29, 1.82) is 0 Å². The van der Waals surface area contributed by atoms with Crippen LogP contribution in [0, 0.1) is 0 Å². The average molecular weight is 186 g/mol. The van der Waals surface area contributed by atoms with E-state index < -0.39 is 0 Å². The van der Waals surface area contributed by atoms with E-state index in [1.165, 1.54) is 31.2 Å². The van der Waals surface area contributed by atoms with Gasteiger partial charge in [-0.1, -0.05) is 37.3 Å². The maximum Gasteiger partial charge on any atom is -0.0196 e. The summed E-state index contributed by atoms with van der Waals surface area (Å²) < 4.78 is 0. The van der Waals surface area contributed by atoms with Crippen LogP contribution in [0.3, 0.4) is 0 Å². The molecule has 0 amide bonds. The Labute approximate surface area is 86.7 Å². The van der Waals surface area contributed by atoms with Crippen molar-refractivity contribution in [3.63, 3.8) is 0 Å². The number of aryl methyl sites for hydroxylation is 1. The SMILES string of the molecule is CC/C=C1/CCCCc2ccccc21. The minimum Gasteiger partial charge on any atom is -0.0810 e. The Morgan fingerprint density at radius 1 is 1.14 bits per heavy atom. The molecule has 0 aliphatic heterocycles. The first-order chi connectivity index (χ1) is 6.92. The summed E-state index contributed by atoms with van der Waals surface area (Å²) >= 11 is 0. The lowest BCUT2D eigenvalue weighted by Gasteiger charge is -2.07. The lowest BCUT2D eigenvalue weighted by molar-refractivity contribution is 0.770. The highest BCUT2D eigenvalue weighted by Crippen LogP contribution is 2.29. The lowest BCUT2D eigenvalue weighted by Crippen LogP contribution is -1.88. The quantitative estimate of drug-likeness (QED) is 0.576. The molecule has 0 unspecified atom stereocenters. The maximum atomic E-state index is 2.39. The van der Waals surface area contributed by atoms with Crippen LogP contribution in [0.25, 0.3) is 5.57 Å². The van der Waals surface area contributed by atoms with Crippen LogP contribution >= 0.6 is 0 Å². The topological polar surface area (TPSA) is 0 Å². The van der Waals surface area contributed by atoms with Crippen LogP contribution < -0.4 is 0 Å². The van der Waals surface area contributed by atoms with E-state index in [9.17, 15) is 0 Å². The predicted molar refractivity (Wildman–Crippen MR) is 62.3 cm³/mol. The monoisotopic (exact) mass is 186 g/mol. The second-order valence-electron chi connectivity index (χ2n) is 4.00. The first kappa shape index (κ1) is 9.51. The van der Waals surface area contributed by atoms with E-state index in [-0.39, 0.29) is 0 Å². The van der Waals surface area contributed by atoms with Crippen LogP contribution in [0.4, 0.5) is 0 Å². The van der Waals surface area contributed by atoms with Gasteiger partial charge in [-0.25, -0.2) is 0 Å². The van der Waals surface area contributed by atoms with Crippen molar-refractivity contribution in [2.45, 2.75) is 39.0 Å². The van der Waals surface area contributed by atoms with Crippen LogP contribution in [-0.4, -0.2) is 0 Å². The maximum absolute atomic E-state index is 2.39. The van der Waals surface area contributed by atoms with Gasteiger partial charge in [0, 0.05) is 0 Å². The minimum atomic E-state index is 1.16. The van der Waals surface area contributed by atoms with Crippen molar-refractivity contribution in [2.75, 3.05) is 0 Å².